The fourth-order valence-corrected chi connectivity index (χ4v) is 2.06. The average Bonchev–Trinajstić information content (AvgIpc) is 2.52. The maximum Gasteiger partial charge on any atom is 0.288 e. The molecule has 8 nitrogen and oxygen atoms in total. The summed E-state index contributed by atoms with van der Waals surface area (Å²) in [5.74, 6) is -1.18. The number of nitrogens with one attached hydrogen (secondary N) is 2. The van der Waals surface area contributed by atoms with E-state index in [1.54, 1.807) is 12.1 Å². The van der Waals surface area contributed by atoms with E-state index in [-0.39, 0.29) is 16.2 Å². The molecule has 2 aromatic rings. The number of hydrazine groups is 1. The first-order valence-electron chi connectivity index (χ1n) is 6.02. The van der Waals surface area contributed by atoms with Crippen molar-refractivity contribution < 1.29 is 18.0 Å². The van der Waals surface area contributed by atoms with Crippen molar-refractivity contribution in [3.63, 3.8) is 0 Å². The molecule has 22 heavy (non-hydrogen) atoms. The normalized spacial score (nSPS) is 10.8. The Balaban J connectivity index is 2.00. The van der Waals surface area contributed by atoms with Gasteiger partial charge in [0.05, 0.1) is 4.90 Å². The lowest BCUT2D eigenvalue weighted by molar-refractivity contribution is 0.0844. The molecule has 0 aliphatic carbocycles. The summed E-state index contributed by atoms with van der Waals surface area (Å²) in [4.78, 5) is 27.2. The fraction of sp³-hybridized carbons (Fsp3) is 0. The summed E-state index contributed by atoms with van der Waals surface area (Å²) >= 11 is 0. The molecule has 0 atom stereocenters. The number of carbonyl (C=O) groups excluding carboxylic acids is 2. The molecule has 114 valence electrons. The van der Waals surface area contributed by atoms with E-state index in [1.807, 2.05) is 0 Å². The van der Waals surface area contributed by atoms with Crippen molar-refractivity contribution in [2.24, 2.45) is 5.14 Å². The summed E-state index contributed by atoms with van der Waals surface area (Å²) in [6.45, 7) is 0. The van der Waals surface area contributed by atoms with Crippen molar-refractivity contribution in [2.75, 3.05) is 0 Å². The van der Waals surface area contributed by atoms with Gasteiger partial charge in [0.2, 0.25) is 10.0 Å². The van der Waals surface area contributed by atoms with Gasteiger partial charge < -0.3 is 0 Å². The van der Waals surface area contributed by atoms with E-state index >= 15 is 0 Å². The van der Waals surface area contributed by atoms with Crippen LogP contribution in [0.3, 0.4) is 0 Å². The second-order valence-electron chi connectivity index (χ2n) is 4.19. The van der Waals surface area contributed by atoms with Gasteiger partial charge in [0, 0.05) is 11.8 Å². The molecular weight excluding hydrogens is 308 g/mol. The summed E-state index contributed by atoms with van der Waals surface area (Å²) in [5.41, 5.74) is 4.70. The van der Waals surface area contributed by atoms with E-state index in [4.69, 9.17) is 5.14 Å². The average molecular weight is 320 g/mol. The van der Waals surface area contributed by atoms with Crippen LogP contribution >= 0.6 is 0 Å². The standard InChI is InChI=1S/C13H12N4O4S/c14-22(20,21)10-6-4-9(5-7-10)12(18)16-17-13(19)11-3-1-2-8-15-11/h1-8H,(H,16,18)(H,17,19)(H2,14,20,21). The SMILES string of the molecule is NS(=O)(=O)c1ccc(C(=O)NNC(=O)c2ccccn2)cc1. The summed E-state index contributed by atoms with van der Waals surface area (Å²) in [6, 6.07) is 9.74. The number of nitrogens with two attached hydrogens (primary N) is 1. The van der Waals surface area contributed by atoms with Crippen molar-refractivity contribution in [1.82, 2.24) is 15.8 Å². The minimum absolute atomic E-state index is 0.110. The van der Waals surface area contributed by atoms with E-state index in [0.29, 0.717) is 0 Å². The zero-order valence-electron chi connectivity index (χ0n) is 11.2. The molecule has 0 fully saturated rings. The number of nitrogens with zero attached hydrogens (tertiary/aromatic N) is 1. The molecule has 0 saturated carbocycles. The van der Waals surface area contributed by atoms with Crippen molar-refractivity contribution in [1.29, 1.82) is 0 Å². The van der Waals surface area contributed by atoms with Crippen LogP contribution in [-0.4, -0.2) is 25.2 Å². The third-order valence-corrected chi connectivity index (χ3v) is 3.56. The lowest BCUT2D eigenvalue weighted by Gasteiger charge is -2.07. The molecule has 1 aromatic carbocycles. The zero-order valence-corrected chi connectivity index (χ0v) is 12.0. The minimum atomic E-state index is -3.82. The van der Waals surface area contributed by atoms with Gasteiger partial charge in [-0.05, 0) is 36.4 Å². The number of benzene rings is 1. The van der Waals surface area contributed by atoms with Gasteiger partial charge in [-0.25, -0.2) is 13.6 Å². The third-order valence-electron chi connectivity index (χ3n) is 2.63. The Morgan fingerprint density at radius 3 is 2.14 bits per heavy atom. The van der Waals surface area contributed by atoms with Crippen molar-refractivity contribution in [3.8, 4) is 0 Å². The number of pyridine rings is 1. The summed E-state index contributed by atoms with van der Waals surface area (Å²) in [7, 11) is -3.82. The molecule has 2 amide bonds. The van der Waals surface area contributed by atoms with Gasteiger partial charge in [-0.1, -0.05) is 6.07 Å². The van der Waals surface area contributed by atoms with E-state index < -0.39 is 21.8 Å². The highest BCUT2D eigenvalue weighted by molar-refractivity contribution is 7.89. The lowest BCUT2D eigenvalue weighted by Crippen LogP contribution is -2.41. The number of amides is 2. The Morgan fingerprint density at radius 1 is 0.955 bits per heavy atom. The molecule has 0 saturated heterocycles. The van der Waals surface area contributed by atoms with Gasteiger partial charge in [0.15, 0.2) is 0 Å². The predicted molar refractivity (Wildman–Crippen MR) is 77.0 cm³/mol. The Bertz CT molecular complexity index is 789. The molecule has 0 spiro atoms. The van der Waals surface area contributed by atoms with Gasteiger partial charge in [0.25, 0.3) is 11.8 Å². The molecule has 1 aromatic heterocycles. The van der Waals surface area contributed by atoms with E-state index in [2.05, 4.69) is 15.8 Å². The first-order valence-corrected chi connectivity index (χ1v) is 7.57. The highest BCUT2D eigenvalue weighted by atomic mass is 32.2. The molecule has 9 heteroatoms. The fourth-order valence-electron chi connectivity index (χ4n) is 1.54. The van der Waals surface area contributed by atoms with Crippen LogP contribution in [0.4, 0.5) is 0 Å². The highest BCUT2D eigenvalue weighted by Gasteiger charge is 2.12. The number of hydrogen-bond donors (Lipinski definition) is 3. The number of sulfonamides is 1. The molecule has 0 unspecified atom stereocenters. The van der Waals surface area contributed by atoms with E-state index in [9.17, 15) is 18.0 Å². The minimum Gasteiger partial charge on any atom is -0.267 e. The van der Waals surface area contributed by atoms with Crippen LogP contribution in [0.5, 0.6) is 0 Å². The van der Waals surface area contributed by atoms with Crippen LogP contribution in [0.1, 0.15) is 20.8 Å². The number of hydrogen-bond acceptors (Lipinski definition) is 5. The second kappa shape index (κ2) is 6.33. The Morgan fingerprint density at radius 2 is 1.59 bits per heavy atom. The van der Waals surface area contributed by atoms with Gasteiger partial charge in [-0.2, -0.15) is 0 Å². The van der Waals surface area contributed by atoms with Crippen LogP contribution in [0.15, 0.2) is 53.6 Å². The summed E-state index contributed by atoms with van der Waals surface area (Å²) in [6.07, 6.45) is 1.45. The number of rotatable bonds is 3. The van der Waals surface area contributed by atoms with Gasteiger partial charge in [-0.3, -0.25) is 25.4 Å². The number of aromatic nitrogens is 1. The molecule has 2 rings (SSSR count). The Kier molecular flexibility index (Phi) is 4.49. The molecule has 0 radical (unpaired) electrons. The largest absolute Gasteiger partial charge is 0.288 e. The Hall–Kier alpha value is -2.78. The third kappa shape index (κ3) is 3.87. The second-order valence-corrected chi connectivity index (χ2v) is 5.75. The maximum absolute atomic E-state index is 11.8. The van der Waals surface area contributed by atoms with Gasteiger partial charge in [-0.15, -0.1) is 0 Å². The summed E-state index contributed by atoms with van der Waals surface area (Å²) in [5, 5.41) is 4.95. The molecule has 4 N–H and O–H groups in total. The molecule has 0 bridgehead atoms. The van der Waals surface area contributed by atoms with Gasteiger partial charge >= 0.3 is 0 Å². The van der Waals surface area contributed by atoms with Crippen molar-refractivity contribution in [3.05, 3.63) is 59.9 Å². The monoisotopic (exact) mass is 320 g/mol. The van der Waals surface area contributed by atoms with Crippen LogP contribution in [0.25, 0.3) is 0 Å². The van der Waals surface area contributed by atoms with Gasteiger partial charge in [0.1, 0.15) is 5.69 Å². The molecule has 1 heterocycles. The van der Waals surface area contributed by atoms with Crippen LogP contribution < -0.4 is 16.0 Å². The first kappa shape index (κ1) is 15.6. The molecular formula is C13H12N4O4S. The first-order chi connectivity index (χ1) is 10.4. The Labute approximate surface area is 126 Å². The highest BCUT2D eigenvalue weighted by Crippen LogP contribution is 2.08. The van der Waals surface area contributed by atoms with Crippen LogP contribution in [0, 0.1) is 0 Å². The zero-order chi connectivity index (χ0) is 16.2. The number of carbonyl (C=O) groups is 2. The molecule has 0 aliphatic rings. The molecule has 0 aliphatic heterocycles. The quantitative estimate of drug-likeness (QED) is 0.674. The van der Waals surface area contributed by atoms with E-state index in [0.717, 1.165) is 0 Å². The number of primary sulfonamides is 1. The van der Waals surface area contributed by atoms with Crippen molar-refractivity contribution in [2.45, 2.75) is 4.90 Å². The summed E-state index contributed by atoms with van der Waals surface area (Å²) < 4.78 is 22.2. The smallest absolute Gasteiger partial charge is 0.267 e. The lowest BCUT2D eigenvalue weighted by atomic mass is 10.2. The van der Waals surface area contributed by atoms with E-state index in [1.165, 1.54) is 36.5 Å². The van der Waals surface area contributed by atoms with Crippen LogP contribution in [0.2, 0.25) is 0 Å². The topological polar surface area (TPSA) is 131 Å². The van der Waals surface area contributed by atoms with Crippen molar-refractivity contribution >= 4 is 21.8 Å². The predicted octanol–water partition coefficient (Wildman–Crippen LogP) is -0.196. The van der Waals surface area contributed by atoms with Crippen LogP contribution in [-0.2, 0) is 10.0 Å². The maximum atomic E-state index is 11.8.